The molecule has 2 fully saturated rings. The number of fused-ring (bicyclic) bond motifs is 2. The summed E-state index contributed by atoms with van der Waals surface area (Å²) in [5.74, 6) is 0.738. The van der Waals surface area contributed by atoms with Gasteiger partial charge in [0, 0.05) is 37.9 Å². The Labute approximate surface area is 176 Å². The summed E-state index contributed by atoms with van der Waals surface area (Å²) in [5.41, 5.74) is 8.96. The molecule has 6 heteroatoms. The molecule has 2 aliphatic heterocycles. The fourth-order valence-corrected chi connectivity index (χ4v) is 4.54. The highest BCUT2D eigenvalue weighted by Gasteiger charge is 2.43. The van der Waals surface area contributed by atoms with E-state index in [2.05, 4.69) is 50.4 Å². The molecule has 3 aromatic rings. The van der Waals surface area contributed by atoms with Crippen LogP contribution in [0.5, 0.6) is 0 Å². The molecule has 30 heavy (non-hydrogen) atoms. The van der Waals surface area contributed by atoms with Crippen molar-refractivity contribution >= 4 is 23.1 Å². The Hall–Kier alpha value is -3.38. The minimum absolute atomic E-state index is 0.205. The van der Waals surface area contributed by atoms with E-state index in [1.165, 1.54) is 12.0 Å². The first-order chi connectivity index (χ1) is 14.7. The molecule has 1 amide bonds. The number of nitrogen functional groups attached to an aromatic ring is 1. The van der Waals surface area contributed by atoms with E-state index in [1.807, 2.05) is 24.3 Å². The van der Waals surface area contributed by atoms with E-state index in [0.717, 1.165) is 25.5 Å². The van der Waals surface area contributed by atoms with Gasteiger partial charge in [-0.3, -0.25) is 9.69 Å². The van der Waals surface area contributed by atoms with Crippen LogP contribution in [-0.4, -0.2) is 41.0 Å². The molecule has 0 spiro atoms. The van der Waals surface area contributed by atoms with Gasteiger partial charge < -0.3 is 16.0 Å². The van der Waals surface area contributed by atoms with E-state index >= 15 is 0 Å². The van der Waals surface area contributed by atoms with Gasteiger partial charge >= 0.3 is 0 Å². The van der Waals surface area contributed by atoms with E-state index in [9.17, 15) is 4.79 Å². The van der Waals surface area contributed by atoms with E-state index in [4.69, 9.17) is 5.73 Å². The summed E-state index contributed by atoms with van der Waals surface area (Å²) in [7, 11) is 0. The van der Waals surface area contributed by atoms with Gasteiger partial charge in [0.1, 0.15) is 5.82 Å². The Bertz CT molecular complexity index is 1040. The van der Waals surface area contributed by atoms with Gasteiger partial charge in [0.2, 0.25) is 0 Å². The van der Waals surface area contributed by atoms with Crippen molar-refractivity contribution in [1.29, 1.82) is 0 Å². The lowest BCUT2D eigenvalue weighted by Gasteiger charge is -2.35. The number of nitrogens with one attached hydrogen (secondary N) is 1. The Balaban J connectivity index is 1.22. The fraction of sp³-hybridized carbons (Fsp3) is 0.250. The number of hydrogen-bond acceptors (Lipinski definition) is 5. The Kier molecular flexibility index (Phi) is 4.85. The third-order valence-electron chi connectivity index (χ3n) is 6.10. The highest BCUT2D eigenvalue weighted by Crippen LogP contribution is 2.34. The normalized spacial score (nSPS) is 20.5. The average molecular weight is 399 g/mol. The van der Waals surface area contributed by atoms with Gasteiger partial charge in [0.15, 0.2) is 0 Å². The summed E-state index contributed by atoms with van der Waals surface area (Å²) in [6.07, 6.45) is 2.82. The third-order valence-corrected chi connectivity index (χ3v) is 6.10. The first kappa shape index (κ1) is 18.6. The number of nitrogens with zero attached hydrogens (tertiary/aromatic N) is 3. The maximum Gasteiger partial charge on any atom is 0.257 e. The molecule has 2 atom stereocenters. The molecule has 1 aromatic heterocycles. The number of nitrogens with two attached hydrogens (primary N) is 1. The van der Waals surface area contributed by atoms with Crippen molar-refractivity contribution < 1.29 is 4.79 Å². The molecule has 5 rings (SSSR count). The molecule has 2 unspecified atom stereocenters. The van der Waals surface area contributed by atoms with Crippen LogP contribution in [0.3, 0.4) is 0 Å². The Morgan fingerprint density at radius 3 is 2.50 bits per heavy atom. The molecule has 2 bridgehead atoms. The topological polar surface area (TPSA) is 74.5 Å². The summed E-state index contributed by atoms with van der Waals surface area (Å²) in [6, 6.07) is 22.7. The monoisotopic (exact) mass is 399 g/mol. The first-order valence-electron chi connectivity index (χ1n) is 10.3. The Morgan fingerprint density at radius 2 is 1.80 bits per heavy atom. The highest BCUT2D eigenvalue weighted by molar-refractivity contribution is 6.05. The van der Waals surface area contributed by atoms with E-state index in [1.54, 1.807) is 18.3 Å². The number of carbonyl (C=O) groups is 1. The van der Waals surface area contributed by atoms with E-state index in [0.29, 0.717) is 29.0 Å². The fourth-order valence-electron chi connectivity index (χ4n) is 4.54. The second-order valence-electron chi connectivity index (χ2n) is 8.06. The molecular weight excluding hydrogens is 374 g/mol. The first-order valence-corrected chi connectivity index (χ1v) is 10.3. The lowest BCUT2D eigenvalue weighted by molar-refractivity contribution is 0.102. The molecule has 0 radical (unpaired) electrons. The minimum Gasteiger partial charge on any atom is -0.397 e. The molecule has 2 aliphatic rings. The highest BCUT2D eigenvalue weighted by atomic mass is 16.1. The molecule has 3 heterocycles. The van der Waals surface area contributed by atoms with Gasteiger partial charge in [-0.05, 0) is 36.2 Å². The van der Waals surface area contributed by atoms with Gasteiger partial charge in [-0.25, -0.2) is 4.98 Å². The predicted molar refractivity (Wildman–Crippen MR) is 119 cm³/mol. The maximum absolute atomic E-state index is 12.5. The van der Waals surface area contributed by atoms with Crippen LogP contribution < -0.4 is 16.0 Å². The number of piperazine rings is 1. The van der Waals surface area contributed by atoms with Crippen molar-refractivity contribution in [1.82, 2.24) is 9.88 Å². The van der Waals surface area contributed by atoms with Gasteiger partial charge in [0.05, 0.1) is 16.9 Å². The smallest absolute Gasteiger partial charge is 0.257 e. The molecule has 152 valence electrons. The lowest BCUT2D eigenvalue weighted by atomic mass is 10.2. The number of anilines is 3. The SMILES string of the molecule is Nc1ccccc1NC(=O)c1ccc(N2CC3CC2CN3Cc2ccccc2)nc1. The molecule has 6 nitrogen and oxygen atoms in total. The van der Waals surface area contributed by atoms with E-state index < -0.39 is 0 Å². The van der Waals surface area contributed by atoms with Gasteiger partial charge in [-0.1, -0.05) is 42.5 Å². The number of aromatic nitrogens is 1. The van der Waals surface area contributed by atoms with Crippen molar-refractivity contribution in [3.05, 3.63) is 84.1 Å². The standard InChI is InChI=1S/C24H25N5O/c25-21-8-4-5-9-22(21)27-24(30)18-10-11-23(26-13-18)29-16-19-12-20(29)15-28(19)14-17-6-2-1-3-7-17/h1-11,13,19-20H,12,14-16,25H2,(H,27,30). The zero-order chi connectivity index (χ0) is 20.5. The van der Waals surface area contributed by atoms with Crippen molar-refractivity contribution in [2.24, 2.45) is 0 Å². The quantitative estimate of drug-likeness (QED) is 0.644. The molecular formula is C24H25N5O. The molecule has 0 saturated carbocycles. The van der Waals surface area contributed by atoms with Crippen molar-refractivity contribution in [2.75, 3.05) is 29.0 Å². The zero-order valence-corrected chi connectivity index (χ0v) is 16.7. The zero-order valence-electron chi connectivity index (χ0n) is 16.7. The van der Waals surface area contributed by atoms with Crippen LogP contribution in [0.4, 0.5) is 17.2 Å². The van der Waals surface area contributed by atoms with Gasteiger partial charge in [-0.15, -0.1) is 0 Å². The molecule has 3 N–H and O–H groups in total. The number of amides is 1. The summed E-state index contributed by atoms with van der Waals surface area (Å²) in [6.45, 7) is 3.04. The van der Waals surface area contributed by atoms with Crippen molar-refractivity contribution in [3.8, 4) is 0 Å². The number of para-hydroxylation sites is 2. The third kappa shape index (κ3) is 3.62. The number of likely N-dealkylation sites (tertiary alicyclic amines) is 1. The number of hydrogen-bond donors (Lipinski definition) is 2. The summed E-state index contributed by atoms with van der Waals surface area (Å²) in [4.78, 5) is 22.1. The van der Waals surface area contributed by atoms with Crippen LogP contribution in [0, 0.1) is 0 Å². The lowest BCUT2D eigenvalue weighted by Crippen LogP contribution is -2.46. The van der Waals surface area contributed by atoms with Crippen LogP contribution in [0.25, 0.3) is 0 Å². The van der Waals surface area contributed by atoms with Crippen molar-refractivity contribution in [2.45, 2.75) is 25.0 Å². The van der Waals surface area contributed by atoms with Gasteiger partial charge in [0.25, 0.3) is 5.91 Å². The van der Waals surface area contributed by atoms with Crippen LogP contribution in [0.2, 0.25) is 0 Å². The summed E-state index contributed by atoms with van der Waals surface area (Å²) in [5, 5.41) is 2.85. The second-order valence-corrected chi connectivity index (χ2v) is 8.06. The molecule has 2 saturated heterocycles. The molecule has 2 aromatic carbocycles. The second kappa shape index (κ2) is 7.80. The maximum atomic E-state index is 12.5. The van der Waals surface area contributed by atoms with Gasteiger partial charge in [-0.2, -0.15) is 0 Å². The Morgan fingerprint density at radius 1 is 1.00 bits per heavy atom. The number of benzene rings is 2. The average Bonchev–Trinajstić information content (AvgIpc) is 3.37. The molecule has 0 aliphatic carbocycles. The van der Waals surface area contributed by atoms with E-state index in [-0.39, 0.29) is 5.91 Å². The minimum atomic E-state index is -0.205. The summed E-state index contributed by atoms with van der Waals surface area (Å²) >= 11 is 0. The summed E-state index contributed by atoms with van der Waals surface area (Å²) < 4.78 is 0. The van der Waals surface area contributed by atoms with Crippen LogP contribution >= 0.6 is 0 Å². The predicted octanol–water partition coefficient (Wildman–Crippen LogP) is 3.38. The number of rotatable bonds is 5. The largest absolute Gasteiger partial charge is 0.397 e. The van der Waals surface area contributed by atoms with Crippen LogP contribution in [-0.2, 0) is 6.54 Å². The van der Waals surface area contributed by atoms with Crippen molar-refractivity contribution in [3.63, 3.8) is 0 Å². The number of carbonyl (C=O) groups excluding carboxylic acids is 1. The van der Waals surface area contributed by atoms with Crippen LogP contribution in [0.15, 0.2) is 72.9 Å². The van der Waals surface area contributed by atoms with Crippen LogP contribution in [0.1, 0.15) is 22.3 Å². The number of pyridine rings is 1.